The Morgan fingerprint density at radius 2 is 2.32 bits per heavy atom. The minimum absolute atomic E-state index is 0.226. The number of carbonyl (C=O) groups is 2. The van der Waals surface area contributed by atoms with Crippen molar-refractivity contribution in [3.05, 3.63) is 18.0 Å². The van der Waals surface area contributed by atoms with Crippen LogP contribution in [0, 0.1) is 6.92 Å². The highest BCUT2D eigenvalue weighted by Crippen LogP contribution is 2.02. The molecule has 1 rings (SSSR count). The van der Waals surface area contributed by atoms with Crippen LogP contribution in [-0.2, 0) is 16.1 Å². The maximum Gasteiger partial charge on any atom is 0.326 e. The highest BCUT2D eigenvalue weighted by atomic mass is 32.2. The molecule has 1 aromatic heterocycles. The second kappa shape index (κ2) is 7.83. The molecule has 0 aliphatic carbocycles. The molecule has 0 aliphatic heterocycles. The summed E-state index contributed by atoms with van der Waals surface area (Å²) in [6.07, 6.45) is 4.36. The van der Waals surface area contributed by atoms with E-state index in [0.717, 1.165) is 5.69 Å². The van der Waals surface area contributed by atoms with Crippen molar-refractivity contribution in [3.8, 4) is 0 Å². The summed E-state index contributed by atoms with van der Waals surface area (Å²) in [5, 5.41) is 15.7. The minimum atomic E-state index is -0.989. The van der Waals surface area contributed by atoms with Gasteiger partial charge in [-0.05, 0) is 31.4 Å². The first-order valence-electron chi connectivity index (χ1n) is 6.04. The van der Waals surface area contributed by atoms with Crippen molar-refractivity contribution in [1.82, 2.24) is 15.1 Å². The van der Waals surface area contributed by atoms with E-state index in [9.17, 15) is 9.59 Å². The van der Waals surface area contributed by atoms with Crippen LogP contribution in [-0.4, -0.2) is 44.8 Å². The van der Waals surface area contributed by atoms with Gasteiger partial charge in [0.25, 0.3) is 0 Å². The summed E-state index contributed by atoms with van der Waals surface area (Å²) in [6.45, 7) is 2.33. The smallest absolute Gasteiger partial charge is 0.326 e. The maximum absolute atomic E-state index is 11.7. The molecule has 0 saturated carbocycles. The van der Waals surface area contributed by atoms with Gasteiger partial charge in [0.1, 0.15) is 6.04 Å². The largest absolute Gasteiger partial charge is 0.480 e. The van der Waals surface area contributed by atoms with E-state index in [1.807, 2.05) is 19.2 Å². The summed E-state index contributed by atoms with van der Waals surface area (Å²) < 4.78 is 1.67. The van der Waals surface area contributed by atoms with E-state index in [4.69, 9.17) is 5.11 Å². The molecular weight excluding hydrogens is 266 g/mol. The van der Waals surface area contributed by atoms with Gasteiger partial charge in [0.2, 0.25) is 5.91 Å². The number of rotatable bonds is 8. The monoisotopic (exact) mass is 285 g/mol. The first-order valence-corrected chi connectivity index (χ1v) is 7.43. The van der Waals surface area contributed by atoms with Crippen LogP contribution in [0.5, 0.6) is 0 Å². The predicted octanol–water partition coefficient (Wildman–Crippen LogP) is 0.904. The van der Waals surface area contributed by atoms with Gasteiger partial charge in [-0.25, -0.2) is 4.79 Å². The predicted molar refractivity (Wildman–Crippen MR) is 74.1 cm³/mol. The van der Waals surface area contributed by atoms with E-state index in [-0.39, 0.29) is 12.3 Å². The average molecular weight is 285 g/mol. The lowest BCUT2D eigenvalue weighted by atomic mass is 10.2. The fourth-order valence-electron chi connectivity index (χ4n) is 1.56. The van der Waals surface area contributed by atoms with Gasteiger partial charge in [-0.15, -0.1) is 0 Å². The zero-order valence-corrected chi connectivity index (χ0v) is 11.9. The Balaban J connectivity index is 2.37. The molecule has 0 aliphatic rings. The molecule has 0 aromatic carbocycles. The third kappa shape index (κ3) is 5.78. The van der Waals surface area contributed by atoms with E-state index in [1.54, 1.807) is 22.6 Å². The zero-order valence-electron chi connectivity index (χ0n) is 11.1. The van der Waals surface area contributed by atoms with E-state index in [2.05, 4.69) is 10.4 Å². The first-order chi connectivity index (χ1) is 9.02. The molecule has 0 saturated heterocycles. The fraction of sp³-hybridized carbons (Fsp3) is 0.583. The number of aliphatic carboxylic acids is 1. The Bertz CT molecular complexity index is 434. The lowest BCUT2D eigenvalue weighted by Crippen LogP contribution is -2.41. The molecule has 1 atom stereocenters. The first kappa shape index (κ1) is 15.6. The summed E-state index contributed by atoms with van der Waals surface area (Å²) in [7, 11) is 0. The minimum Gasteiger partial charge on any atom is -0.480 e. The number of carbonyl (C=O) groups excluding carboxylic acids is 1. The van der Waals surface area contributed by atoms with Gasteiger partial charge in [-0.2, -0.15) is 16.9 Å². The van der Waals surface area contributed by atoms with E-state index >= 15 is 0 Å². The van der Waals surface area contributed by atoms with Crippen LogP contribution in [0.25, 0.3) is 0 Å². The molecule has 0 bridgehead atoms. The number of amides is 1. The van der Waals surface area contributed by atoms with Gasteiger partial charge in [0.15, 0.2) is 0 Å². The molecule has 106 valence electrons. The molecule has 1 heterocycles. The Morgan fingerprint density at radius 3 is 2.84 bits per heavy atom. The van der Waals surface area contributed by atoms with Crippen LogP contribution >= 0.6 is 11.8 Å². The molecule has 2 N–H and O–H groups in total. The molecule has 7 heteroatoms. The summed E-state index contributed by atoms with van der Waals surface area (Å²) in [6, 6.07) is 1.05. The lowest BCUT2D eigenvalue weighted by Gasteiger charge is -2.13. The number of hydrogen-bond donors (Lipinski definition) is 2. The second-order valence-corrected chi connectivity index (χ2v) is 5.20. The molecule has 6 nitrogen and oxygen atoms in total. The molecule has 1 aromatic rings. The fourth-order valence-corrected chi connectivity index (χ4v) is 2.03. The highest BCUT2D eigenvalue weighted by Gasteiger charge is 2.19. The standard InChI is InChI=1S/C12H19N3O3S/c1-9-3-6-15(14-9)7-4-11(16)13-10(12(17)18)5-8-19-2/h3,6,10H,4-5,7-8H2,1-2H3,(H,13,16)(H,17,18). The third-order valence-electron chi connectivity index (χ3n) is 2.59. The quantitative estimate of drug-likeness (QED) is 0.741. The van der Waals surface area contributed by atoms with Gasteiger partial charge in [-0.3, -0.25) is 9.48 Å². The SMILES string of the molecule is CSCCC(NC(=O)CCn1ccc(C)n1)C(=O)O. The number of carboxylic acid groups (broad SMARTS) is 1. The summed E-state index contributed by atoms with van der Waals surface area (Å²) in [5.74, 6) is -0.547. The van der Waals surface area contributed by atoms with Crippen LogP contribution in [0.15, 0.2) is 12.3 Å². The van der Waals surface area contributed by atoms with Crippen molar-refractivity contribution >= 4 is 23.6 Å². The Labute approximate surface area is 116 Å². The summed E-state index contributed by atoms with van der Waals surface area (Å²) in [4.78, 5) is 22.7. The van der Waals surface area contributed by atoms with Gasteiger partial charge < -0.3 is 10.4 Å². The van der Waals surface area contributed by atoms with Crippen LogP contribution in [0.2, 0.25) is 0 Å². The van der Waals surface area contributed by atoms with Crippen molar-refractivity contribution in [3.63, 3.8) is 0 Å². The molecule has 19 heavy (non-hydrogen) atoms. The second-order valence-electron chi connectivity index (χ2n) is 4.21. The summed E-state index contributed by atoms with van der Waals surface area (Å²) >= 11 is 1.56. The van der Waals surface area contributed by atoms with Crippen LogP contribution in [0.4, 0.5) is 0 Å². The van der Waals surface area contributed by atoms with E-state index in [1.165, 1.54) is 0 Å². The highest BCUT2D eigenvalue weighted by molar-refractivity contribution is 7.98. The average Bonchev–Trinajstić information content (AvgIpc) is 2.77. The van der Waals surface area contributed by atoms with Gasteiger partial charge in [-0.1, -0.05) is 0 Å². The van der Waals surface area contributed by atoms with E-state index in [0.29, 0.717) is 18.7 Å². The number of aromatic nitrogens is 2. The van der Waals surface area contributed by atoms with Crippen molar-refractivity contribution < 1.29 is 14.7 Å². The maximum atomic E-state index is 11.7. The molecule has 1 amide bonds. The Hall–Kier alpha value is -1.50. The van der Waals surface area contributed by atoms with Crippen LogP contribution < -0.4 is 5.32 Å². The lowest BCUT2D eigenvalue weighted by molar-refractivity contribution is -0.141. The topological polar surface area (TPSA) is 84.2 Å². The number of thioether (sulfide) groups is 1. The molecule has 1 unspecified atom stereocenters. The number of hydrogen-bond acceptors (Lipinski definition) is 4. The Morgan fingerprint density at radius 1 is 1.58 bits per heavy atom. The van der Waals surface area contributed by atoms with Crippen molar-refractivity contribution in [2.45, 2.75) is 32.4 Å². The molecule has 0 fully saturated rings. The number of carboxylic acids is 1. The third-order valence-corrected chi connectivity index (χ3v) is 3.23. The zero-order chi connectivity index (χ0) is 14.3. The number of nitrogens with one attached hydrogen (secondary N) is 1. The normalized spacial score (nSPS) is 12.1. The van der Waals surface area contributed by atoms with Crippen molar-refractivity contribution in [1.29, 1.82) is 0 Å². The molecular formula is C12H19N3O3S. The number of aryl methyl sites for hydroxylation is 2. The summed E-state index contributed by atoms with van der Waals surface area (Å²) in [5.41, 5.74) is 0.892. The number of nitrogens with zero attached hydrogens (tertiary/aromatic N) is 2. The van der Waals surface area contributed by atoms with Gasteiger partial charge in [0, 0.05) is 19.2 Å². The van der Waals surface area contributed by atoms with Crippen molar-refractivity contribution in [2.75, 3.05) is 12.0 Å². The Kier molecular flexibility index (Phi) is 6.41. The molecule has 0 radical (unpaired) electrons. The van der Waals surface area contributed by atoms with Crippen LogP contribution in [0.3, 0.4) is 0 Å². The van der Waals surface area contributed by atoms with Crippen molar-refractivity contribution in [2.24, 2.45) is 0 Å². The van der Waals surface area contributed by atoms with Gasteiger partial charge >= 0.3 is 5.97 Å². The molecule has 0 spiro atoms. The van der Waals surface area contributed by atoms with Gasteiger partial charge in [0.05, 0.1) is 5.69 Å². The van der Waals surface area contributed by atoms with E-state index < -0.39 is 12.0 Å². The van der Waals surface area contributed by atoms with Crippen LogP contribution in [0.1, 0.15) is 18.5 Å².